The number of rotatable bonds is 4. The number of hydrogen-bond acceptors (Lipinski definition) is 7. The number of furan rings is 1. The Morgan fingerprint density at radius 2 is 1.96 bits per heavy atom. The summed E-state index contributed by atoms with van der Waals surface area (Å²) in [5, 5.41) is 20.3. The van der Waals surface area contributed by atoms with Crippen LogP contribution in [0, 0.1) is 6.92 Å². The van der Waals surface area contributed by atoms with Crippen LogP contribution in [-0.2, 0) is 6.54 Å². The maximum absolute atomic E-state index is 5.53. The molecule has 4 aromatic rings. The summed E-state index contributed by atoms with van der Waals surface area (Å²) in [6.07, 6.45) is 1.55. The highest BCUT2D eigenvalue weighted by Crippen LogP contribution is 2.19. The first kappa shape index (κ1) is 13.4. The first-order valence-electron chi connectivity index (χ1n) is 6.99. The second kappa shape index (κ2) is 5.48. The van der Waals surface area contributed by atoms with Crippen LogP contribution in [0.5, 0.6) is 0 Å². The maximum atomic E-state index is 5.53. The molecule has 0 aliphatic rings. The first-order chi connectivity index (χ1) is 11.3. The molecule has 8 heteroatoms. The van der Waals surface area contributed by atoms with Crippen LogP contribution in [-0.4, -0.2) is 30.4 Å². The molecule has 0 aliphatic carbocycles. The van der Waals surface area contributed by atoms with Crippen molar-refractivity contribution in [3.8, 4) is 23.0 Å². The van der Waals surface area contributed by atoms with Crippen molar-refractivity contribution in [3.05, 3.63) is 54.1 Å². The Morgan fingerprint density at radius 1 is 1.04 bits per heavy atom. The molecule has 3 heterocycles. The van der Waals surface area contributed by atoms with Crippen LogP contribution in [0.1, 0.15) is 11.5 Å². The van der Waals surface area contributed by atoms with Crippen molar-refractivity contribution in [2.45, 2.75) is 13.5 Å². The maximum Gasteiger partial charge on any atom is 0.283 e. The summed E-state index contributed by atoms with van der Waals surface area (Å²) < 4.78 is 10.7. The molecule has 3 aromatic heterocycles. The highest BCUT2D eigenvalue weighted by Gasteiger charge is 2.13. The van der Waals surface area contributed by atoms with Crippen molar-refractivity contribution in [1.82, 2.24) is 30.4 Å². The third kappa shape index (κ3) is 2.61. The minimum Gasteiger partial charge on any atom is -0.459 e. The number of nitrogens with zero attached hydrogens (tertiary/aromatic N) is 6. The highest BCUT2D eigenvalue weighted by molar-refractivity contribution is 5.58. The van der Waals surface area contributed by atoms with Gasteiger partial charge in [0.1, 0.15) is 6.54 Å². The molecule has 114 valence electrons. The van der Waals surface area contributed by atoms with Gasteiger partial charge < -0.3 is 8.83 Å². The van der Waals surface area contributed by atoms with Gasteiger partial charge in [-0.1, -0.05) is 24.3 Å². The third-order valence-electron chi connectivity index (χ3n) is 3.31. The quantitative estimate of drug-likeness (QED) is 0.571. The summed E-state index contributed by atoms with van der Waals surface area (Å²) in [6.45, 7) is 2.25. The third-order valence-corrected chi connectivity index (χ3v) is 3.31. The van der Waals surface area contributed by atoms with E-state index in [-0.39, 0.29) is 6.54 Å². The Labute approximate surface area is 130 Å². The molecule has 0 spiro atoms. The van der Waals surface area contributed by atoms with Gasteiger partial charge in [0.15, 0.2) is 5.76 Å². The summed E-state index contributed by atoms with van der Waals surface area (Å²) in [5.74, 6) is 1.79. The van der Waals surface area contributed by atoms with Gasteiger partial charge >= 0.3 is 0 Å². The van der Waals surface area contributed by atoms with Crippen molar-refractivity contribution in [2.24, 2.45) is 0 Å². The van der Waals surface area contributed by atoms with Crippen LogP contribution in [0.3, 0.4) is 0 Å². The molecule has 0 saturated carbocycles. The normalized spacial score (nSPS) is 11.0. The van der Waals surface area contributed by atoms with Crippen molar-refractivity contribution in [1.29, 1.82) is 0 Å². The van der Waals surface area contributed by atoms with Crippen LogP contribution >= 0.6 is 0 Å². The molecule has 8 nitrogen and oxygen atoms in total. The lowest BCUT2D eigenvalue weighted by molar-refractivity contribution is 0.436. The lowest BCUT2D eigenvalue weighted by Crippen LogP contribution is -2.04. The van der Waals surface area contributed by atoms with E-state index in [0.29, 0.717) is 23.4 Å². The lowest BCUT2D eigenvalue weighted by Gasteiger charge is -1.98. The van der Waals surface area contributed by atoms with Crippen LogP contribution in [0.4, 0.5) is 0 Å². The summed E-state index contributed by atoms with van der Waals surface area (Å²) in [5.41, 5.74) is 2.03. The zero-order valence-corrected chi connectivity index (χ0v) is 12.2. The smallest absolute Gasteiger partial charge is 0.283 e. The second-order valence-corrected chi connectivity index (χ2v) is 4.94. The molecule has 0 saturated heterocycles. The Bertz CT molecular complexity index is 925. The average molecular weight is 308 g/mol. The molecule has 0 amide bonds. The van der Waals surface area contributed by atoms with E-state index in [0.717, 1.165) is 11.1 Å². The summed E-state index contributed by atoms with van der Waals surface area (Å²) >= 11 is 0. The van der Waals surface area contributed by atoms with E-state index >= 15 is 0 Å². The van der Waals surface area contributed by atoms with Crippen molar-refractivity contribution < 1.29 is 8.83 Å². The predicted molar refractivity (Wildman–Crippen MR) is 79.1 cm³/mol. The molecule has 0 radical (unpaired) electrons. The van der Waals surface area contributed by atoms with Gasteiger partial charge in [0.2, 0.25) is 11.7 Å². The minimum atomic E-state index is 0.243. The summed E-state index contributed by atoms with van der Waals surface area (Å²) in [6, 6.07) is 11.4. The second-order valence-electron chi connectivity index (χ2n) is 4.94. The highest BCUT2D eigenvalue weighted by atomic mass is 16.4. The fraction of sp³-hybridized carbons (Fsp3) is 0.133. The Balaban J connectivity index is 1.55. The van der Waals surface area contributed by atoms with Crippen LogP contribution in [0.2, 0.25) is 0 Å². The summed E-state index contributed by atoms with van der Waals surface area (Å²) in [7, 11) is 0. The van der Waals surface area contributed by atoms with E-state index in [9.17, 15) is 0 Å². The van der Waals surface area contributed by atoms with E-state index < -0.39 is 0 Å². The summed E-state index contributed by atoms with van der Waals surface area (Å²) in [4.78, 5) is 1.42. The topological polar surface area (TPSA) is 95.7 Å². The monoisotopic (exact) mass is 308 g/mol. The standard InChI is InChI=1S/C15H12N6O2/c1-10-5-2-3-6-11(10)14-17-20-21(19-14)9-13-16-18-15(23-13)12-7-4-8-22-12/h2-8H,9H2,1H3. The molecule has 1 aromatic carbocycles. The average Bonchev–Trinajstić information content (AvgIpc) is 3.29. The van der Waals surface area contributed by atoms with Gasteiger partial charge in [0, 0.05) is 5.56 Å². The van der Waals surface area contributed by atoms with Crippen LogP contribution < -0.4 is 0 Å². The Hall–Kier alpha value is -3.29. The van der Waals surface area contributed by atoms with E-state index in [1.54, 1.807) is 18.4 Å². The number of aryl methyl sites for hydroxylation is 1. The number of hydrogen-bond donors (Lipinski definition) is 0. The first-order valence-corrected chi connectivity index (χ1v) is 6.99. The molecule has 0 N–H and O–H groups in total. The number of benzene rings is 1. The van der Waals surface area contributed by atoms with Gasteiger partial charge in [-0.2, -0.15) is 4.80 Å². The molecule has 0 fully saturated rings. The number of aromatic nitrogens is 6. The molecular weight excluding hydrogens is 296 g/mol. The zero-order chi connectivity index (χ0) is 15.6. The van der Waals surface area contributed by atoms with Gasteiger partial charge in [-0.15, -0.1) is 20.4 Å². The van der Waals surface area contributed by atoms with Crippen molar-refractivity contribution in [3.63, 3.8) is 0 Å². The van der Waals surface area contributed by atoms with Gasteiger partial charge in [-0.05, 0) is 29.8 Å². The number of tetrazole rings is 1. The van der Waals surface area contributed by atoms with E-state index in [1.807, 2.05) is 31.2 Å². The Kier molecular flexibility index (Phi) is 3.19. The molecule has 4 rings (SSSR count). The fourth-order valence-electron chi connectivity index (χ4n) is 2.18. The predicted octanol–water partition coefficient (Wildman–Crippen LogP) is 2.34. The van der Waals surface area contributed by atoms with Gasteiger partial charge in [-0.3, -0.25) is 0 Å². The van der Waals surface area contributed by atoms with E-state index in [2.05, 4.69) is 25.6 Å². The SMILES string of the molecule is Cc1ccccc1-c1nnn(Cc2nnc(-c3ccco3)o2)n1. The molecule has 0 aliphatic heterocycles. The molecule has 23 heavy (non-hydrogen) atoms. The van der Waals surface area contributed by atoms with Crippen LogP contribution in [0.15, 0.2) is 51.5 Å². The van der Waals surface area contributed by atoms with Crippen molar-refractivity contribution in [2.75, 3.05) is 0 Å². The largest absolute Gasteiger partial charge is 0.459 e. The van der Waals surface area contributed by atoms with Gasteiger partial charge in [0.05, 0.1) is 6.26 Å². The molecular formula is C15H12N6O2. The van der Waals surface area contributed by atoms with Gasteiger partial charge in [0.25, 0.3) is 5.89 Å². The Morgan fingerprint density at radius 3 is 2.78 bits per heavy atom. The fourth-order valence-corrected chi connectivity index (χ4v) is 2.18. The molecule has 0 atom stereocenters. The van der Waals surface area contributed by atoms with Crippen molar-refractivity contribution >= 4 is 0 Å². The zero-order valence-electron chi connectivity index (χ0n) is 12.2. The van der Waals surface area contributed by atoms with Crippen LogP contribution in [0.25, 0.3) is 23.0 Å². The van der Waals surface area contributed by atoms with E-state index in [1.165, 1.54) is 4.80 Å². The molecule has 0 bridgehead atoms. The lowest BCUT2D eigenvalue weighted by atomic mass is 10.1. The van der Waals surface area contributed by atoms with E-state index in [4.69, 9.17) is 8.83 Å². The molecule has 0 unspecified atom stereocenters. The minimum absolute atomic E-state index is 0.243. The van der Waals surface area contributed by atoms with Gasteiger partial charge in [-0.25, -0.2) is 0 Å².